The highest BCUT2D eigenvalue weighted by Gasteiger charge is 2.13. The van der Waals surface area contributed by atoms with Crippen LogP contribution in [0.4, 0.5) is 10.1 Å². The van der Waals surface area contributed by atoms with Gasteiger partial charge in [-0.25, -0.2) is 9.37 Å². The standard InChI is InChI=1S/C32H34FN3S/c1-7-8-9-25-12-13-26(23(5)37-6)16-29(25)22(4)35-30-18-31-32(17-28(30)21(2)3)36(20-34-31)19-24-10-14-27(33)15-11-24/h10-18,20H,2,5,7-9,19H2,1,3-4,6H3. The van der Waals surface area contributed by atoms with Crippen LogP contribution in [-0.4, -0.2) is 21.5 Å². The molecule has 0 unspecified atom stereocenters. The number of halogens is 1. The fourth-order valence-corrected chi connectivity index (χ4v) is 4.83. The third kappa shape index (κ3) is 6.11. The van der Waals surface area contributed by atoms with Crippen molar-refractivity contribution in [2.75, 3.05) is 6.26 Å². The molecule has 0 spiro atoms. The van der Waals surface area contributed by atoms with Gasteiger partial charge in [0.15, 0.2) is 0 Å². The molecule has 37 heavy (non-hydrogen) atoms. The summed E-state index contributed by atoms with van der Waals surface area (Å²) in [5.74, 6) is -0.233. The lowest BCUT2D eigenvalue weighted by Crippen LogP contribution is -2.03. The fourth-order valence-electron chi connectivity index (χ4n) is 4.47. The monoisotopic (exact) mass is 511 g/mol. The van der Waals surface area contributed by atoms with Gasteiger partial charge in [-0.2, -0.15) is 0 Å². The summed E-state index contributed by atoms with van der Waals surface area (Å²) in [6, 6.07) is 17.4. The molecule has 1 heterocycles. The number of hydrogen-bond acceptors (Lipinski definition) is 3. The molecule has 5 heteroatoms. The summed E-state index contributed by atoms with van der Waals surface area (Å²) >= 11 is 1.66. The lowest BCUT2D eigenvalue weighted by atomic mass is 9.96. The normalized spacial score (nSPS) is 11.8. The van der Waals surface area contributed by atoms with Crippen LogP contribution in [0.5, 0.6) is 0 Å². The van der Waals surface area contributed by atoms with Crippen LogP contribution in [-0.2, 0) is 13.0 Å². The number of fused-ring (bicyclic) bond motifs is 1. The van der Waals surface area contributed by atoms with Gasteiger partial charge in [-0.05, 0) is 91.1 Å². The average molecular weight is 512 g/mol. The van der Waals surface area contributed by atoms with E-state index in [2.05, 4.69) is 67.1 Å². The third-order valence-electron chi connectivity index (χ3n) is 6.62. The molecule has 0 fully saturated rings. The van der Waals surface area contributed by atoms with E-state index in [0.29, 0.717) is 6.54 Å². The van der Waals surface area contributed by atoms with Crippen LogP contribution in [0, 0.1) is 5.82 Å². The first-order valence-electron chi connectivity index (χ1n) is 12.6. The van der Waals surface area contributed by atoms with Crippen molar-refractivity contribution in [1.29, 1.82) is 0 Å². The molecule has 0 N–H and O–H groups in total. The molecule has 0 atom stereocenters. The largest absolute Gasteiger partial charge is 0.326 e. The molecule has 3 nitrogen and oxygen atoms in total. The molecular formula is C32H34FN3S. The summed E-state index contributed by atoms with van der Waals surface area (Å²) in [5.41, 5.74) is 10.3. The molecule has 1 aromatic heterocycles. The van der Waals surface area contributed by atoms with Gasteiger partial charge in [-0.3, -0.25) is 4.99 Å². The molecular weight excluding hydrogens is 477 g/mol. The minimum absolute atomic E-state index is 0.233. The maximum Gasteiger partial charge on any atom is 0.123 e. The highest BCUT2D eigenvalue weighted by molar-refractivity contribution is 8.07. The minimum atomic E-state index is -0.233. The van der Waals surface area contributed by atoms with E-state index in [4.69, 9.17) is 4.99 Å². The Balaban J connectivity index is 1.77. The van der Waals surface area contributed by atoms with Gasteiger partial charge in [0.1, 0.15) is 5.82 Å². The third-order valence-corrected chi connectivity index (χ3v) is 7.35. The van der Waals surface area contributed by atoms with E-state index in [-0.39, 0.29) is 5.82 Å². The van der Waals surface area contributed by atoms with E-state index in [9.17, 15) is 4.39 Å². The lowest BCUT2D eigenvalue weighted by molar-refractivity contribution is 0.626. The minimum Gasteiger partial charge on any atom is -0.326 e. The van der Waals surface area contributed by atoms with Gasteiger partial charge < -0.3 is 4.57 Å². The van der Waals surface area contributed by atoms with Gasteiger partial charge in [-0.1, -0.05) is 50.8 Å². The van der Waals surface area contributed by atoms with Crippen molar-refractivity contribution in [2.24, 2.45) is 4.99 Å². The predicted molar refractivity (Wildman–Crippen MR) is 159 cm³/mol. The molecule has 0 saturated carbocycles. The van der Waals surface area contributed by atoms with E-state index in [1.165, 1.54) is 17.7 Å². The van der Waals surface area contributed by atoms with Crippen molar-refractivity contribution >= 4 is 44.7 Å². The van der Waals surface area contributed by atoms with E-state index >= 15 is 0 Å². The maximum absolute atomic E-state index is 13.4. The molecule has 0 bridgehead atoms. The van der Waals surface area contributed by atoms with Crippen molar-refractivity contribution in [3.63, 3.8) is 0 Å². The van der Waals surface area contributed by atoms with Crippen LogP contribution in [0.2, 0.25) is 0 Å². The Morgan fingerprint density at radius 2 is 1.78 bits per heavy atom. The van der Waals surface area contributed by atoms with Gasteiger partial charge >= 0.3 is 0 Å². The van der Waals surface area contributed by atoms with Crippen molar-refractivity contribution in [1.82, 2.24) is 9.55 Å². The Morgan fingerprint density at radius 3 is 2.46 bits per heavy atom. The van der Waals surface area contributed by atoms with Gasteiger partial charge in [-0.15, -0.1) is 11.8 Å². The number of hydrogen-bond donors (Lipinski definition) is 0. The molecule has 0 amide bonds. The van der Waals surface area contributed by atoms with Crippen molar-refractivity contribution in [2.45, 2.75) is 46.6 Å². The molecule has 0 saturated heterocycles. The Hall–Kier alpha value is -3.44. The maximum atomic E-state index is 13.4. The van der Waals surface area contributed by atoms with Crippen LogP contribution in [0.1, 0.15) is 61.4 Å². The van der Waals surface area contributed by atoms with Crippen LogP contribution in [0.15, 0.2) is 79.1 Å². The van der Waals surface area contributed by atoms with E-state index < -0.39 is 0 Å². The first kappa shape index (κ1) is 26.6. The number of nitrogens with zero attached hydrogens (tertiary/aromatic N) is 3. The van der Waals surface area contributed by atoms with Gasteiger partial charge in [0, 0.05) is 22.7 Å². The van der Waals surface area contributed by atoms with Crippen LogP contribution in [0.3, 0.4) is 0 Å². The smallest absolute Gasteiger partial charge is 0.123 e. The molecule has 0 aliphatic rings. The summed E-state index contributed by atoms with van der Waals surface area (Å²) < 4.78 is 15.4. The Bertz CT molecular complexity index is 1480. The van der Waals surface area contributed by atoms with Crippen molar-refractivity contribution < 1.29 is 4.39 Å². The van der Waals surface area contributed by atoms with Gasteiger partial charge in [0.25, 0.3) is 0 Å². The second-order valence-corrected chi connectivity index (χ2v) is 10.3. The fraction of sp³-hybridized carbons (Fsp3) is 0.250. The number of rotatable bonds is 10. The second-order valence-electron chi connectivity index (χ2n) is 9.44. The zero-order chi connectivity index (χ0) is 26.5. The highest BCUT2D eigenvalue weighted by atomic mass is 32.2. The molecule has 3 aromatic carbocycles. The zero-order valence-corrected chi connectivity index (χ0v) is 23.0. The van der Waals surface area contributed by atoms with E-state index in [1.807, 2.05) is 19.3 Å². The predicted octanol–water partition coefficient (Wildman–Crippen LogP) is 9.07. The van der Waals surface area contributed by atoms with Crippen molar-refractivity contribution in [3.8, 4) is 0 Å². The Labute approximate surface area is 223 Å². The molecule has 190 valence electrons. The number of aromatic nitrogens is 2. The van der Waals surface area contributed by atoms with Gasteiger partial charge in [0.2, 0.25) is 0 Å². The summed E-state index contributed by atoms with van der Waals surface area (Å²) in [6.07, 6.45) is 7.18. The average Bonchev–Trinajstić information content (AvgIpc) is 3.28. The Morgan fingerprint density at radius 1 is 1.03 bits per heavy atom. The van der Waals surface area contributed by atoms with E-state index in [1.54, 1.807) is 23.9 Å². The zero-order valence-electron chi connectivity index (χ0n) is 22.1. The van der Waals surface area contributed by atoms with E-state index in [0.717, 1.165) is 74.4 Å². The van der Waals surface area contributed by atoms with Crippen LogP contribution in [0.25, 0.3) is 21.5 Å². The number of unbranched alkanes of at least 4 members (excludes halogenated alkanes) is 1. The molecule has 0 radical (unpaired) electrons. The molecule has 0 aliphatic heterocycles. The Kier molecular flexibility index (Phi) is 8.45. The number of benzene rings is 3. The summed E-state index contributed by atoms with van der Waals surface area (Å²) in [5, 5.41) is 0. The number of aliphatic imine (C=N–C) groups is 1. The number of thioether (sulfide) groups is 1. The quantitative estimate of drug-likeness (QED) is 0.199. The van der Waals surface area contributed by atoms with Crippen LogP contribution < -0.4 is 0 Å². The van der Waals surface area contributed by atoms with Crippen LogP contribution >= 0.6 is 11.8 Å². The second kappa shape index (κ2) is 11.7. The van der Waals surface area contributed by atoms with Crippen molar-refractivity contribution in [3.05, 3.63) is 108 Å². The lowest BCUT2D eigenvalue weighted by Gasteiger charge is -2.14. The number of allylic oxidation sites excluding steroid dienone is 1. The first-order chi connectivity index (χ1) is 17.8. The number of imidazole rings is 1. The molecule has 4 aromatic rings. The SMILES string of the molecule is C=C(SC)c1ccc(CCCC)c(C(C)=Nc2cc3ncn(Cc4ccc(F)cc4)c3cc2C(=C)C)c1. The molecule has 0 aliphatic carbocycles. The summed E-state index contributed by atoms with van der Waals surface area (Å²) in [7, 11) is 0. The molecule has 4 rings (SSSR count). The first-order valence-corrected chi connectivity index (χ1v) is 13.8. The summed E-state index contributed by atoms with van der Waals surface area (Å²) in [4.78, 5) is 10.8. The van der Waals surface area contributed by atoms with Gasteiger partial charge in [0.05, 0.1) is 23.0 Å². The number of aryl methyl sites for hydroxylation is 1. The highest BCUT2D eigenvalue weighted by Crippen LogP contribution is 2.32. The summed E-state index contributed by atoms with van der Waals surface area (Å²) in [6.45, 7) is 15.4. The topological polar surface area (TPSA) is 30.2 Å².